The normalized spacial score (nSPS) is 19.4. The summed E-state index contributed by atoms with van der Waals surface area (Å²) in [6, 6.07) is -1.54. The van der Waals surface area contributed by atoms with Crippen molar-refractivity contribution in [2.75, 3.05) is 26.4 Å². The number of nitrogens with zero attached hydrogens (tertiary/aromatic N) is 3. The molecule has 1 amide bonds. The molecule has 0 saturated carbocycles. The van der Waals surface area contributed by atoms with Gasteiger partial charge in [0, 0.05) is 24.3 Å². The summed E-state index contributed by atoms with van der Waals surface area (Å²) in [6.45, 7) is 2.84. The fourth-order valence-electron chi connectivity index (χ4n) is 10.1. The molecule has 1 aliphatic rings. The standard InChI is InChI=1S/C58H110N4O12/c1-3-5-7-9-11-13-15-17-18-19-20-21-22-23-24-25-26-27-28-30-32-34-38-42-51(65)58(71,43-39-35-33-31-29-16-14-12-10-8-6-4-2)55(69)49(47-72-56-54(68)53(67)52(66)50(45-63)74-56)61-57(70)73-46-48(64)41-37-36-40-44-60-62-59/h49-50,52-56,63,66-69,71H,3-47H2,1-2H3,(H,61,70)/t49-,50+,52-,53-,54+,55-,56+,58-/m0/s1. The van der Waals surface area contributed by atoms with Crippen LogP contribution in [0.3, 0.4) is 0 Å². The van der Waals surface area contributed by atoms with Crippen molar-refractivity contribution in [2.24, 2.45) is 5.11 Å². The smallest absolute Gasteiger partial charge is 0.407 e. The number of nitrogens with one attached hydrogen (secondary N) is 1. The number of hydrogen-bond acceptors (Lipinski definition) is 13. The zero-order chi connectivity index (χ0) is 54.3. The fourth-order valence-corrected chi connectivity index (χ4v) is 10.1. The summed E-state index contributed by atoms with van der Waals surface area (Å²) in [5.74, 6) is -0.937. The number of alkyl carbamates (subject to hydrolysis) is 1. The molecule has 1 fully saturated rings. The number of ketones is 2. The lowest BCUT2D eigenvalue weighted by Crippen LogP contribution is -2.62. The average molecular weight is 1060 g/mol. The Hall–Kier alpha value is -2.40. The number of amides is 1. The van der Waals surface area contributed by atoms with Crippen LogP contribution in [0, 0.1) is 0 Å². The SMILES string of the molecule is CCCCCCCCCCCCCCCCCCCCCCCCCC(=O)[C@@](O)(CCCCCCCCCCCCCC)[C@@H](O)[C@H](CO[C@@H]1O[C@H](CO)[C@H](O)[C@H](O)[C@H]1O)NC(=O)OCC(=O)CCCCCN=[N+]=[N-]. The summed E-state index contributed by atoms with van der Waals surface area (Å²) in [5, 5.41) is 71.4. The number of ether oxygens (including phenoxy) is 3. The third-order valence-corrected chi connectivity index (χ3v) is 15.0. The van der Waals surface area contributed by atoms with Gasteiger partial charge in [-0.1, -0.05) is 244 Å². The lowest BCUT2D eigenvalue weighted by molar-refractivity contribution is -0.303. The summed E-state index contributed by atoms with van der Waals surface area (Å²) < 4.78 is 16.4. The van der Waals surface area contributed by atoms with Crippen molar-refractivity contribution in [1.29, 1.82) is 0 Å². The van der Waals surface area contributed by atoms with E-state index in [1.807, 2.05) is 0 Å². The van der Waals surface area contributed by atoms with E-state index in [9.17, 15) is 45.0 Å². The van der Waals surface area contributed by atoms with Crippen molar-refractivity contribution in [2.45, 2.75) is 326 Å². The van der Waals surface area contributed by atoms with Crippen LogP contribution in [0.2, 0.25) is 0 Å². The molecule has 0 spiro atoms. The van der Waals surface area contributed by atoms with E-state index in [0.29, 0.717) is 45.1 Å². The Balaban J connectivity index is 2.80. The zero-order valence-electron chi connectivity index (χ0n) is 46.8. The third kappa shape index (κ3) is 34.4. The topological polar surface area (TPSA) is 261 Å². The number of hydrogen-bond donors (Lipinski definition) is 7. The minimum atomic E-state index is -2.31. The number of aliphatic hydroxyl groups excluding tert-OH is 5. The van der Waals surface area contributed by atoms with Gasteiger partial charge in [0.25, 0.3) is 0 Å². The van der Waals surface area contributed by atoms with Crippen LogP contribution in [-0.4, -0.2) is 123 Å². The Morgan fingerprint density at radius 1 is 0.595 bits per heavy atom. The van der Waals surface area contributed by atoms with Crippen molar-refractivity contribution in [3.8, 4) is 0 Å². The maximum Gasteiger partial charge on any atom is 0.407 e. The summed E-state index contributed by atoms with van der Waals surface area (Å²) in [7, 11) is 0. The number of carbonyl (C=O) groups excluding carboxylic acids is 3. The van der Waals surface area contributed by atoms with Gasteiger partial charge in [0.15, 0.2) is 30.1 Å². The Kier molecular flexibility index (Phi) is 45.0. The molecule has 0 aromatic heterocycles. The van der Waals surface area contributed by atoms with Gasteiger partial charge in [-0.05, 0) is 31.2 Å². The highest BCUT2D eigenvalue weighted by Gasteiger charge is 2.48. The minimum Gasteiger partial charge on any atom is -0.442 e. The first-order chi connectivity index (χ1) is 36.0. The van der Waals surface area contributed by atoms with Crippen molar-refractivity contribution in [3.05, 3.63) is 10.4 Å². The molecule has 7 N–H and O–H groups in total. The third-order valence-electron chi connectivity index (χ3n) is 15.0. The molecule has 74 heavy (non-hydrogen) atoms. The largest absolute Gasteiger partial charge is 0.442 e. The van der Waals surface area contributed by atoms with Gasteiger partial charge < -0.3 is 50.2 Å². The van der Waals surface area contributed by atoms with Crippen LogP contribution in [-0.2, 0) is 23.8 Å². The van der Waals surface area contributed by atoms with Crippen LogP contribution >= 0.6 is 0 Å². The molecule has 0 aromatic carbocycles. The first-order valence-electron chi connectivity index (χ1n) is 30.3. The van der Waals surface area contributed by atoms with Gasteiger partial charge in [0.2, 0.25) is 0 Å². The fraction of sp³-hybridized carbons (Fsp3) is 0.948. The van der Waals surface area contributed by atoms with Gasteiger partial charge in [-0.3, -0.25) is 9.59 Å². The van der Waals surface area contributed by atoms with E-state index in [2.05, 4.69) is 29.2 Å². The van der Waals surface area contributed by atoms with Gasteiger partial charge >= 0.3 is 6.09 Å². The van der Waals surface area contributed by atoms with Crippen molar-refractivity contribution in [1.82, 2.24) is 5.32 Å². The molecule has 1 aliphatic heterocycles. The molecule has 0 radical (unpaired) electrons. The first kappa shape index (κ1) is 69.6. The molecule has 1 heterocycles. The van der Waals surface area contributed by atoms with E-state index < -0.39 is 80.1 Å². The van der Waals surface area contributed by atoms with Crippen LogP contribution in [0.15, 0.2) is 5.11 Å². The zero-order valence-corrected chi connectivity index (χ0v) is 46.8. The van der Waals surface area contributed by atoms with E-state index in [1.165, 1.54) is 154 Å². The lowest BCUT2D eigenvalue weighted by Gasteiger charge is -2.41. The van der Waals surface area contributed by atoms with Gasteiger partial charge in [0.05, 0.1) is 19.3 Å². The lowest BCUT2D eigenvalue weighted by atomic mass is 9.80. The minimum absolute atomic E-state index is 0.00705. The summed E-state index contributed by atoms with van der Waals surface area (Å²) in [5.41, 5.74) is 6.14. The van der Waals surface area contributed by atoms with Gasteiger partial charge in [-0.2, -0.15) is 0 Å². The second kappa shape index (κ2) is 47.8. The van der Waals surface area contributed by atoms with Crippen molar-refractivity contribution >= 4 is 17.7 Å². The van der Waals surface area contributed by atoms with Crippen LogP contribution in [0.25, 0.3) is 10.4 Å². The van der Waals surface area contributed by atoms with Gasteiger partial charge in [-0.25, -0.2) is 4.79 Å². The molecular formula is C58H110N4O12. The van der Waals surface area contributed by atoms with Crippen LogP contribution in [0.5, 0.6) is 0 Å². The molecule has 434 valence electrons. The highest BCUT2D eigenvalue weighted by atomic mass is 16.7. The second-order valence-corrected chi connectivity index (χ2v) is 21.6. The van der Waals surface area contributed by atoms with E-state index >= 15 is 0 Å². The molecule has 16 nitrogen and oxygen atoms in total. The van der Waals surface area contributed by atoms with E-state index in [4.69, 9.17) is 19.7 Å². The molecule has 1 rings (SSSR count). The molecule has 1 saturated heterocycles. The van der Waals surface area contributed by atoms with Gasteiger partial charge in [0.1, 0.15) is 30.5 Å². The Morgan fingerprint density at radius 2 is 1.00 bits per heavy atom. The molecule has 16 heteroatoms. The second-order valence-electron chi connectivity index (χ2n) is 21.6. The van der Waals surface area contributed by atoms with Crippen LogP contribution in [0.1, 0.15) is 277 Å². The first-order valence-corrected chi connectivity index (χ1v) is 30.3. The summed E-state index contributed by atoms with van der Waals surface area (Å²) >= 11 is 0. The van der Waals surface area contributed by atoms with Crippen LogP contribution in [0.4, 0.5) is 4.79 Å². The Morgan fingerprint density at radius 3 is 1.43 bits per heavy atom. The number of carbonyl (C=O) groups is 3. The molecular weight excluding hydrogens is 945 g/mol. The number of aliphatic hydroxyl groups is 6. The number of azide groups is 1. The number of Topliss-reactive ketones (excluding diaryl/α,β-unsaturated/α-hetero) is 2. The van der Waals surface area contributed by atoms with Crippen LogP contribution < -0.4 is 5.32 Å². The number of unbranched alkanes of at least 4 members (excludes halogenated alkanes) is 35. The Bertz CT molecular complexity index is 1410. The quantitative estimate of drug-likeness (QED) is 0.0130. The van der Waals surface area contributed by atoms with Crippen molar-refractivity contribution < 1.29 is 59.2 Å². The Labute approximate surface area is 448 Å². The maximum atomic E-state index is 14.1. The van der Waals surface area contributed by atoms with E-state index in [-0.39, 0.29) is 25.0 Å². The summed E-state index contributed by atoms with van der Waals surface area (Å²) in [6.07, 6.45) is 32.1. The van der Waals surface area contributed by atoms with E-state index in [1.54, 1.807) is 0 Å². The predicted molar refractivity (Wildman–Crippen MR) is 294 cm³/mol. The maximum absolute atomic E-state index is 14.1. The molecule has 0 unspecified atom stereocenters. The predicted octanol–water partition coefficient (Wildman–Crippen LogP) is 12.5. The van der Waals surface area contributed by atoms with E-state index in [0.717, 1.165) is 51.4 Å². The van der Waals surface area contributed by atoms with Gasteiger partial charge in [-0.15, -0.1) is 0 Å². The summed E-state index contributed by atoms with van der Waals surface area (Å²) in [4.78, 5) is 42.6. The highest BCUT2D eigenvalue weighted by molar-refractivity contribution is 5.88. The van der Waals surface area contributed by atoms with Crippen molar-refractivity contribution in [3.63, 3.8) is 0 Å². The highest BCUT2D eigenvalue weighted by Crippen LogP contribution is 2.29. The molecule has 0 aromatic rings. The average Bonchev–Trinajstić information content (AvgIpc) is 3.40. The monoisotopic (exact) mass is 1050 g/mol. The molecule has 0 aliphatic carbocycles. The molecule has 0 bridgehead atoms. The molecule has 8 atom stereocenters. The number of rotatable bonds is 53.